The lowest BCUT2D eigenvalue weighted by molar-refractivity contribution is -0.122. The Balaban J connectivity index is 1.62. The Morgan fingerprint density at radius 3 is 2.48 bits per heavy atom. The maximum absolute atomic E-state index is 12.0. The van der Waals surface area contributed by atoms with Crippen LogP contribution in [0.2, 0.25) is 0 Å². The van der Waals surface area contributed by atoms with Gasteiger partial charge in [-0.25, -0.2) is 4.98 Å². The second-order valence-corrected chi connectivity index (χ2v) is 7.19. The highest BCUT2D eigenvalue weighted by Crippen LogP contribution is 2.28. The summed E-state index contributed by atoms with van der Waals surface area (Å²) in [5, 5.41) is 5.23. The minimum atomic E-state index is -0.303. The zero-order valence-electron chi connectivity index (χ0n) is 18.9. The highest BCUT2D eigenvalue weighted by Gasteiger charge is 2.08. The van der Waals surface area contributed by atoms with Crippen molar-refractivity contribution in [1.29, 1.82) is 0 Å². The van der Waals surface area contributed by atoms with Crippen LogP contribution in [0.4, 0.5) is 5.69 Å². The summed E-state index contributed by atoms with van der Waals surface area (Å²) in [6.45, 7) is 1.73. The van der Waals surface area contributed by atoms with Gasteiger partial charge in [-0.15, -0.1) is 0 Å². The SMILES string of the molecule is COc1ccc(CCOc2cccc(-c3cccc(NC(=O)CNC(C)=O)c3)n2)cc1OC. The zero-order valence-corrected chi connectivity index (χ0v) is 18.9. The molecule has 33 heavy (non-hydrogen) atoms. The average molecular weight is 450 g/mol. The molecule has 2 N–H and O–H groups in total. The molecule has 0 unspecified atom stereocenters. The van der Waals surface area contributed by atoms with Crippen LogP contribution in [0.3, 0.4) is 0 Å². The lowest BCUT2D eigenvalue weighted by Gasteiger charge is -2.11. The molecule has 3 rings (SSSR count). The standard InChI is InChI=1S/C25H27N3O5/c1-17(29)26-16-24(30)27-20-7-4-6-19(15-20)21-8-5-9-25(28-21)33-13-12-18-10-11-22(31-2)23(14-18)32-3/h4-11,14-15H,12-13,16H2,1-3H3,(H,26,29)(H,27,30). The van der Waals surface area contributed by atoms with Gasteiger partial charge in [0.05, 0.1) is 33.1 Å². The summed E-state index contributed by atoms with van der Waals surface area (Å²) in [6, 6.07) is 18.6. The van der Waals surface area contributed by atoms with E-state index in [9.17, 15) is 9.59 Å². The number of methoxy groups -OCH3 is 2. The van der Waals surface area contributed by atoms with Gasteiger partial charge in [-0.3, -0.25) is 9.59 Å². The normalized spacial score (nSPS) is 10.3. The van der Waals surface area contributed by atoms with Crippen LogP contribution in [0.25, 0.3) is 11.3 Å². The molecule has 2 aromatic carbocycles. The monoisotopic (exact) mass is 449 g/mol. The first kappa shape index (κ1) is 23.6. The molecule has 8 nitrogen and oxygen atoms in total. The van der Waals surface area contributed by atoms with Crippen molar-refractivity contribution >= 4 is 17.5 Å². The summed E-state index contributed by atoms with van der Waals surface area (Å²) < 4.78 is 16.5. The van der Waals surface area contributed by atoms with Gasteiger partial charge in [-0.2, -0.15) is 0 Å². The molecular weight excluding hydrogens is 422 g/mol. The van der Waals surface area contributed by atoms with Crippen LogP contribution in [-0.2, 0) is 16.0 Å². The molecule has 3 aromatic rings. The van der Waals surface area contributed by atoms with Crippen molar-refractivity contribution in [1.82, 2.24) is 10.3 Å². The molecule has 0 saturated carbocycles. The predicted molar refractivity (Wildman–Crippen MR) is 126 cm³/mol. The fourth-order valence-electron chi connectivity index (χ4n) is 3.13. The molecule has 1 aromatic heterocycles. The summed E-state index contributed by atoms with van der Waals surface area (Å²) >= 11 is 0. The van der Waals surface area contributed by atoms with Crippen LogP contribution in [0.15, 0.2) is 60.7 Å². The first-order valence-corrected chi connectivity index (χ1v) is 10.4. The van der Waals surface area contributed by atoms with Gasteiger partial charge < -0.3 is 24.8 Å². The number of hydrogen-bond acceptors (Lipinski definition) is 6. The summed E-state index contributed by atoms with van der Waals surface area (Å²) in [5.41, 5.74) is 3.23. The van der Waals surface area contributed by atoms with Crippen LogP contribution in [-0.4, -0.2) is 44.2 Å². The van der Waals surface area contributed by atoms with E-state index in [1.54, 1.807) is 26.4 Å². The lowest BCUT2D eigenvalue weighted by Crippen LogP contribution is -2.31. The van der Waals surface area contributed by atoms with Gasteiger partial charge in [0.1, 0.15) is 0 Å². The van der Waals surface area contributed by atoms with Gasteiger partial charge in [-0.1, -0.05) is 24.3 Å². The number of pyridine rings is 1. The van der Waals surface area contributed by atoms with E-state index in [-0.39, 0.29) is 18.4 Å². The average Bonchev–Trinajstić information content (AvgIpc) is 2.83. The Bertz CT molecular complexity index is 1120. The van der Waals surface area contributed by atoms with Gasteiger partial charge in [0.2, 0.25) is 17.7 Å². The van der Waals surface area contributed by atoms with Crippen molar-refractivity contribution in [3.05, 3.63) is 66.2 Å². The van der Waals surface area contributed by atoms with Gasteiger partial charge >= 0.3 is 0 Å². The Morgan fingerprint density at radius 1 is 0.939 bits per heavy atom. The fraction of sp³-hybridized carbons (Fsp3) is 0.240. The molecule has 1 heterocycles. The number of rotatable bonds is 10. The van der Waals surface area contributed by atoms with E-state index in [0.717, 1.165) is 16.8 Å². The number of amides is 2. The largest absolute Gasteiger partial charge is 0.493 e. The summed E-state index contributed by atoms with van der Waals surface area (Å²) in [6.07, 6.45) is 0.683. The predicted octanol–water partition coefficient (Wildman–Crippen LogP) is 3.46. The minimum Gasteiger partial charge on any atom is -0.493 e. The van der Waals surface area contributed by atoms with E-state index in [2.05, 4.69) is 15.6 Å². The van der Waals surface area contributed by atoms with Crippen LogP contribution in [0, 0.1) is 0 Å². The first-order valence-electron chi connectivity index (χ1n) is 10.4. The fourth-order valence-corrected chi connectivity index (χ4v) is 3.13. The Morgan fingerprint density at radius 2 is 1.73 bits per heavy atom. The number of ether oxygens (including phenoxy) is 3. The van der Waals surface area contributed by atoms with E-state index < -0.39 is 0 Å². The molecule has 0 bridgehead atoms. The van der Waals surface area contributed by atoms with Crippen molar-refractivity contribution in [3.8, 4) is 28.6 Å². The van der Waals surface area contributed by atoms with Crippen LogP contribution in [0.5, 0.6) is 17.4 Å². The molecule has 8 heteroatoms. The number of carbonyl (C=O) groups is 2. The van der Waals surface area contributed by atoms with E-state index in [1.165, 1.54) is 6.92 Å². The third kappa shape index (κ3) is 6.96. The number of benzene rings is 2. The van der Waals surface area contributed by atoms with Crippen molar-refractivity contribution in [3.63, 3.8) is 0 Å². The summed E-state index contributed by atoms with van der Waals surface area (Å²) in [5.74, 6) is 1.31. The van der Waals surface area contributed by atoms with Gasteiger partial charge in [0.25, 0.3) is 0 Å². The Kier molecular flexibility index (Phi) is 8.24. The van der Waals surface area contributed by atoms with E-state index in [4.69, 9.17) is 14.2 Å². The molecule has 0 fully saturated rings. The second-order valence-electron chi connectivity index (χ2n) is 7.19. The smallest absolute Gasteiger partial charge is 0.243 e. The molecule has 0 spiro atoms. The second kappa shape index (κ2) is 11.5. The van der Waals surface area contributed by atoms with Crippen molar-refractivity contribution in [2.45, 2.75) is 13.3 Å². The number of anilines is 1. The zero-order chi connectivity index (χ0) is 23.6. The van der Waals surface area contributed by atoms with Crippen molar-refractivity contribution < 1.29 is 23.8 Å². The number of nitrogens with zero attached hydrogens (tertiary/aromatic N) is 1. The lowest BCUT2D eigenvalue weighted by atomic mass is 10.1. The number of hydrogen-bond donors (Lipinski definition) is 2. The van der Waals surface area contributed by atoms with Crippen LogP contribution < -0.4 is 24.8 Å². The van der Waals surface area contributed by atoms with Gasteiger partial charge in [-0.05, 0) is 35.9 Å². The molecular formula is C25H27N3O5. The molecule has 0 aliphatic carbocycles. The third-order valence-electron chi connectivity index (χ3n) is 4.75. The highest BCUT2D eigenvalue weighted by atomic mass is 16.5. The maximum atomic E-state index is 12.0. The molecule has 172 valence electrons. The topological polar surface area (TPSA) is 98.8 Å². The van der Waals surface area contributed by atoms with Crippen molar-refractivity contribution in [2.24, 2.45) is 0 Å². The summed E-state index contributed by atoms with van der Waals surface area (Å²) in [4.78, 5) is 27.5. The first-order chi connectivity index (χ1) is 16.0. The molecule has 0 atom stereocenters. The molecule has 0 aliphatic heterocycles. The number of carbonyl (C=O) groups excluding carboxylic acids is 2. The summed E-state index contributed by atoms with van der Waals surface area (Å²) in [7, 11) is 3.21. The Labute approximate surface area is 192 Å². The van der Waals surface area contributed by atoms with Gasteiger partial charge in [0, 0.05) is 30.7 Å². The quantitative estimate of drug-likeness (QED) is 0.492. The van der Waals surface area contributed by atoms with Gasteiger partial charge in [0.15, 0.2) is 11.5 Å². The number of aromatic nitrogens is 1. The third-order valence-corrected chi connectivity index (χ3v) is 4.75. The maximum Gasteiger partial charge on any atom is 0.243 e. The highest BCUT2D eigenvalue weighted by molar-refractivity contribution is 5.94. The number of nitrogens with one attached hydrogen (secondary N) is 2. The molecule has 0 saturated heterocycles. The Hall–Kier alpha value is -4.07. The minimum absolute atomic E-state index is 0.0821. The van der Waals surface area contributed by atoms with Crippen molar-refractivity contribution in [2.75, 3.05) is 32.7 Å². The van der Waals surface area contributed by atoms with E-state index >= 15 is 0 Å². The molecule has 0 aliphatic rings. The van der Waals surface area contributed by atoms with E-state index in [0.29, 0.717) is 36.1 Å². The molecule has 0 radical (unpaired) electrons. The van der Waals surface area contributed by atoms with Crippen LogP contribution in [0.1, 0.15) is 12.5 Å². The van der Waals surface area contributed by atoms with Crippen LogP contribution >= 0.6 is 0 Å². The van der Waals surface area contributed by atoms with E-state index in [1.807, 2.05) is 48.5 Å². The molecule has 2 amide bonds.